The van der Waals surface area contributed by atoms with Gasteiger partial charge in [-0.05, 0) is 42.8 Å². The second-order valence-electron chi connectivity index (χ2n) is 5.37. The van der Waals surface area contributed by atoms with Crippen molar-refractivity contribution in [1.82, 2.24) is 4.90 Å². The minimum atomic E-state index is -0.0375. The zero-order valence-corrected chi connectivity index (χ0v) is 12.9. The molecule has 0 aliphatic carbocycles. The highest BCUT2D eigenvalue weighted by molar-refractivity contribution is 6.01. The molecule has 4 nitrogen and oxygen atoms in total. The standard InChI is InChI=1S/C17H21N3O/c1-12-6-5-7-14(10-12)20(4)16-11-13(18)8-9-15(16)17(21)19(2)3/h5-11H,18H2,1-4H3. The molecule has 2 aromatic rings. The maximum atomic E-state index is 12.3. The van der Waals surface area contributed by atoms with Gasteiger partial charge in [-0.25, -0.2) is 0 Å². The predicted octanol–water partition coefficient (Wildman–Crippen LogP) is 3.05. The number of rotatable bonds is 3. The summed E-state index contributed by atoms with van der Waals surface area (Å²) in [6.45, 7) is 2.04. The summed E-state index contributed by atoms with van der Waals surface area (Å²) in [7, 11) is 5.43. The van der Waals surface area contributed by atoms with Gasteiger partial charge in [-0.1, -0.05) is 12.1 Å². The van der Waals surface area contributed by atoms with Gasteiger partial charge >= 0.3 is 0 Å². The fourth-order valence-electron chi connectivity index (χ4n) is 2.22. The van der Waals surface area contributed by atoms with E-state index in [4.69, 9.17) is 5.73 Å². The van der Waals surface area contributed by atoms with Crippen molar-refractivity contribution in [3.63, 3.8) is 0 Å². The quantitative estimate of drug-likeness (QED) is 0.881. The number of benzene rings is 2. The molecule has 110 valence electrons. The Morgan fingerprint density at radius 2 is 1.76 bits per heavy atom. The third-order valence-electron chi connectivity index (χ3n) is 3.41. The van der Waals surface area contributed by atoms with Gasteiger partial charge in [0.1, 0.15) is 0 Å². The highest BCUT2D eigenvalue weighted by Crippen LogP contribution is 2.30. The van der Waals surface area contributed by atoms with E-state index in [9.17, 15) is 4.79 Å². The molecule has 21 heavy (non-hydrogen) atoms. The normalized spacial score (nSPS) is 10.3. The van der Waals surface area contributed by atoms with Gasteiger partial charge < -0.3 is 15.5 Å². The third-order valence-corrected chi connectivity index (χ3v) is 3.41. The van der Waals surface area contributed by atoms with Crippen LogP contribution in [0.25, 0.3) is 0 Å². The SMILES string of the molecule is Cc1cccc(N(C)c2cc(N)ccc2C(=O)N(C)C)c1. The summed E-state index contributed by atoms with van der Waals surface area (Å²) in [4.78, 5) is 15.9. The molecule has 2 rings (SSSR count). The summed E-state index contributed by atoms with van der Waals surface area (Å²) >= 11 is 0. The first-order chi connectivity index (χ1) is 9.90. The molecule has 0 fully saturated rings. The van der Waals surface area contributed by atoms with E-state index in [1.807, 2.05) is 43.1 Å². The fourth-order valence-corrected chi connectivity index (χ4v) is 2.22. The van der Waals surface area contributed by atoms with Gasteiger partial charge in [-0.3, -0.25) is 4.79 Å². The van der Waals surface area contributed by atoms with Crippen molar-refractivity contribution in [3.05, 3.63) is 53.6 Å². The van der Waals surface area contributed by atoms with Gasteiger partial charge in [0, 0.05) is 32.5 Å². The number of aryl methyl sites for hydroxylation is 1. The summed E-state index contributed by atoms with van der Waals surface area (Å²) in [5.41, 5.74) is 10.2. The predicted molar refractivity (Wildman–Crippen MR) is 88.1 cm³/mol. The Kier molecular flexibility index (Phi) is 4.17. The Labute approximate surface area is 125 Å². The molecule has 2 N–H and O–H groups in total. The fraction of sp³-hybridized carbons (Fsp3) is 0.235. The number of hydrogen-bond acceptors (Lipinski definition) is 3. The van der Waals surface area contributed by atoms with Crippen molar-refractivity contribution in [2.75, 3.05) is 31.8 Å². The molecule has 0 aliphatic heterocycles. The number of carbonyl (C=O) groups excluding carboxylic acids is 1. The number of hydrogen-bond donors (Lipinski definition) is 1. The molecule has 0 unspecified atom stereocenters. The Morgan fingerprint density at radius 3 is 2.38 bits per heavy atom. The lowest BCUT2D eigenvalue weighted by Crippen LogP contribution is -2.24. The molecule has 0 spiro atoms. The van der Waals surface area contributed by atoms with Crippen molar-refractivity contribution in [3.8, 4) is 0 Å². The molecule has 1 amide bonds. The second-order valence-corrected chi connectivity index (χ2v) is 5.37. The van der Waals surface area contributed by atoms with Crippen LogP contribution in [0, 0.1) is 6.92 Å². The highest BCUT2D eigenvalue weighted by atomic mass is 16.2. The number of carbonyl (C=O) groups is 1. The Hall–Kier alpha value is -2.49. The highest BCUT2D eigenvalue weighted by Gasteiger charge is 2.17. The third kappa shape index (κ3) is 3.16. The lowest BCUT2D eigenvalue weighted by atomic mass is 10.1. The molecule has 0 aliphatic rings. The van der Waals surface area contributed by atoms with Crippen LogP contribution in [-0.2, 0) is 0 Å². The topological polar surface area (TPSA) is 49.6 Å². The summed E-state index contributed by atoms with van der Waals surface area (Å²) in [5.74, 6) is -0.0375. The van der Waals surface area contributed by atoms with Crippen LogP contribution in [0.2, 0.25) is 0 Å². The van der Waals surface area contributed by atoms with Gasteiger partial charge in [0.2, 0.25) is 0 Å². The first-order valence-electron chi connectivity index (χ1n) is 6.81. The van der Waals surface area contributed by atoms with Crippen LogP contribution in [0.15, 0.2) is 42.5 Å². The van der Waals surface area contributed by atoms with Crippen LogP contribution in [0.1, 0.15) is 15.9 Å². The van der Waals surface area contributed by atoms with E-state index in [0.29, 0.717) is 11.3 Å². The van der Waals surface area contributed by atoms with Crippen LogP contribution in [0.4, 0.5) is 17.1 Å². The van der Waals surface area contributed by atoms with Gasteiger partial charge in [-0.15, -0.1) is 0 Å². The van der Waals surface area contributed by atoms with Crippen LogP contribution < -0.4 is 10.6 Å². The van der Waals surface area contributed by atoms with Gasteiger partial charge in [0.25, 0.3) is 5.91 Å². The molecule has 0 radical (unpaired) electrons. The van der Waals surface area contributed by atoms with Gasteiger partial charge in [-0.2, -0.15) is 0 Å². The van der Waals surface area contributed by atoms with E-state index in [-0.39, 0.29) is 5.91 Å². The van der Waals surface area contributed by atoms with Crippen LogP contribution >= 0.6 is 0 Å². The number of nitrogens with two attached hydrogens (primary N) is 1. The number of anilines is 3. The van der Waals surface area contributed by atoms with Gasteiger partial charge in [0.05, 0.1) is 11.3 Å². The van der Waals surface area contributed by atoms with E-state index in [1.165, 1.54) is 5.56 Å². The van der Waals surface area contributed by atoms with E-state index >= 15 is 0 Å². The molecule has 4 heteroatoms. The number of amides is 1. The summed E-state index contributed by atoms with van der Waals surface area (Å²) in [6.07, 6.45) is 0. The molecule has 0 aromatic heterocycles. The molecular weight excluding hydrogens is 262 g/mol. The molecule has 0 atom stereocenters. The zero-order valence-electron chi connectivity index (χ0n) is 12.9. The van der Waals surface area contributed by atoms with Crippen molar-refractivity contribution < 1.29 is 4.79 Å². The maximum absolute atomic E-state index is 12.3. The van der Waals surface area contributed by atoms with Crippen molar-refractivity contribution in [1.29, 1.82) is 0 Å². The minimum absolute atomic E-state index is 0.0375. The maximum Gasteiger partial charge on any atom is 0.255 e. The molecular formula is C17H21N3O. The number of nitrogen functional groups attached to an aromatic ring is 1. The largest absolute Gasteiger partial charge is 0.399 e. The van der Waals surface area contributed by atoms with E-state index < -0.39 is 0 Å². The average molecular weight is 283 g/mol. The van der Waals surface area contributed by atoms with E-state index in [2.05, 4.69) is 6.07 Å². The van der Waals surface area contributed by atoms with E-state index in [1.54, 1.807) is 31.1 Å². The lowest BCUT2D eigenvalue weighted by molar-refractivity contribution is 0.0828. The van der Waals surface area contributed by atoms with Crippen molar-refractivity contribution in [2.24, 2.45) is 0 Å². The minimum Gasteiger partial charge on any atom is -0.399 e. The molecule has 2 aromatic carbocycles. The Balaban J connectivity index is 2.51. The molecule has 0 saturated carbocycles. The Morgan fingerprint density at radius 1 is 1.05 bits per heavy atom. The van der Waals surface area contributed by atoms with E-state index in [0.717, 1.165) is 11.4 Å². The van der Waals surface area contributed by atoms with Crippen molar-refractivity contribution in [2.45, 2.75) is 6.92 Å². The molecule has 0 saturated heterocycles. The zero-order chi connectivity index (χ0) is 15.6. The smallest absolute Gasteiger partial charge is 0.255 e. The average Bonchev–Trinajstić information content (AvgIpc) is 2.45. The monoisotopic (exact) mass is 283 g/mol. The molecule has 0 bridgehead atoms. The Bertz CT molecular complexity index is 665. The summed E-state index contributed by atoms with van der Waals surface area (Å²) in [5, 5.41) is 0. The van der Waals surface area contributed by atoms with Crippen LogP contribution in [0.5, 0.6) is 0 Å². The van der Waals surface area contributed by atoms with Crippen molar-refractivity contribution >= 4 is 23.0 Å². The van der Waals surface area contributed by atoms with Gasteiger partial charge in [0.15, 0.2) is 0 Å². The van der Waals surface area contributed by atoms with Crippen LogP contribution in [0.3, 0.4) is 0 Å². The number of nitrogens with zero attached hydrogens (tertiary/aromatic N) is 2. The first kappa shape index (κ1) is 14.9. The lowest BCUT2D eigenvalue weighted by Gasteiger charge is -2.24. The van der Waals surface area contributed by atoms with Crippen LogP contribution in [-0.4, -0.2) is 32.0 Å². The molecule has 0 heterocycles. The summed E-state index contributed by atoms with van der Waals surface area (Å²) < 4.78 is 0. The first-order valence-corrected chi connectivity index (χ1v) is 6.81. The summed E-state index contributed by atoms with van der Waals surface area (Å²) in [6, 6.07) is 13.5. The second kappa shape index (κ2) is 5.87.